The molecule has 0 N–H and O–H groups in total. The van der Waals surface area contributed by atoms with E-state index in [1.807, 2.05) is 0 Å². The maximum absolute atomic E-state index is 12.6. The number of hydrogen-bond acceptors (Lipinski definition) is 7. The summed E-state index contributed by atoms with van der Waals surface area (Å²) in [5.41, 5.74) is -0.635. The van der Waals surface area contributed by atoms with E-state index >= 15 is 0 Å². The van der Waals surface area contributed by atoms with E-state index in [4.69, 9.17) is 4.74 Å². The number of carbonyl (C=O) groups is 4. The van der Waals surface area contributed by atoms with Gasteiger partial charge in [0, 0.05) is 25.7 Å². The van der Waals surface area contributed by atoms with E-state index in [1.165, 1.54) is 31.1 Å². The molecule has 0 saturated carbocycles. The molecule has 0 aliphatic carbocycles. The van der Waals surface area contributed by atoms with Crippen molar-refractivity contribution in [2.75, 3.05) is 20.6 Å². The molecule has 10 nitrogen and oxygen atoms in total. The number of esters is 1. The second-order valence-electron chi connectivity index (χ2n) is 6.67. The molecule has 0 aromatic heterocycles. The molecule has 1 aliphatic heterocycles. The molecule has 0 saturated heterocycles. The topological polar surface area (TPSA) is 127 Å². The first kappa shape index (κ1) is 20.6. The molecule has 1 aliphatic rings. The minimum Gasteiger partial charge on any atom is -0.446 e. The Hall–Kier alpha value is -4.08. The van der Waals surface area contributed by atoms with Crippen molar-refractivity contribution < 1.29 is 28.8 Å². The molecule has 3 amide bonds. The Morgan fingerprint density at radius 1 is 1.07 bits per heavy atom. The van der Waals surface area contributed by atoms with Gasteiger partial charge < -0.3 is 9.64 Å². The summed E-state index contributed by atoms with van der Waals surface area (Å²) in [5.74, 6) is -3.32. The molecule has 0 fully saturated rings. The number of nitro groups is 1. The van der Waals surface area contributed by atoms with E-state index in [9.17, 15) is 29.3 Å². The molecular formula is C20H17N3O7. The Balaban J connectivity index is 1.82. The van der Waals surface area contributed by atoms with Crippen LogP contribution < -0.4 is 0 Å². The third-order valence-corrected chi connectivity index (χ3v) is 4.48. The molecule has 3 rings (SSSR count). The first-order chi connectivity index (χ1) is 14.2. The Kier molecular flexibility index (Phi) is 5.58. The summed E-state index contributed by atoms with van der Waals surface area (Å²) >= 11 is 0. The molecule has 0 spiro atoms. The van der Waals surface area contributed by atoms with Crippen LogP contribution in [0.4, 0.5) is 5.69 Å². The van der Waals surface area contributed by atoms with Gasteiger partial charge in [0.05, 0.1) is 10.5 Å². The standard InChI is InChI=1S/C20H17N3O7/c1-21(2)20(27)17(12-7-4-3-5-8-12)30-15(24)11-22-18(25)13-9-6-10-14(23(28)29)16(13)19(22)26/h3-10,17H,11H2,1-2H3/t17-/m0/s1. The molecule has 30 heavy (non-hydrogen) atoms. The largest absolute Gasteiger partial charge is 0.446 e. The number of ether oxygens (including phenoxy) is 1. The minimum absolute atomic E-state index is 0.161. The van der Waals surface area contributed by atoms with Crippen molar-refractivity contribution >= 4 is 29.4 Å². The Bertz CT molecular complexity index is 1050. The van der Waals surface area contributed by atoms with Crippen LogP contribution in [0.3, 0.4) is 0 Å². The summed E-state index contributed by atoms with van der Waals surface area (Å²) in [6.45, 7) is -0.784. The van der Waals surface area contributed by atoms with Crippen molar-refractivity contribution in [2.24, 2.45) is 0 Å². The van der Waals surface area contributed by atoms with Gasteiger partial charge in [-0.3, -0.25) is 34.2 Å². The van der Waals surface area contributed by atoms with E-state index in [0.29, 0.717) is 10.5 Å². The highest BCUT2D eigenvalue weighted by molar-refractivity contribution is 6.24. The first-order valence-electron chi connectivity index (χ1n) is 8.81. The average molecular weight is 411 g/mol. The number of carbonyl (C=O) groups excluding carboxylic acids is 4. The lowest BCUT2D eigenvalue weighted by molar-refractivity contribution is -0.385. The van der Waals surface area contributed by atoms with Gasteiger partial charge in [-0.2, -0.15) is 0 Å². The summed E-state index contributed by atoms with van der Waals surface area (Å²) in [6.07, 6.45) is -1.27. The van der Waals surface area contributed by atoms with Crippen LogP contribution in [0, 0.1) is 10.1 Å². The molecule has 1 atom stereocenters. The Labute approximate surface area is 170 Å². The SMILES string of the molecule is CN(C)C(=O)[C@@H](OC(=O)CN1C(=O)c2cccc([N+](=O)[O-])c2C1=O)c1ccccc1. The summed E-state index contributed by atoms with van der Waals surface area (Å²) in [7, 11) is 2.99. The van der Waals surface area contributed by atoms with Crippen molar-refractivity contribution in [3.63, 3.8) is 0 Å². The van der Waals surface area contributed by atoms with E-state index in [0.717, 1.165) is 6.07 Å². The van der Waals surface area contributed by atoms with Crippen LogP contribution in [0.25, 0.3) is 0 Å². The molecule has 0 unspecified atom stereocenters. The summed E-state index contributed by atoms with van der Waals surface area (Å²) < 4.78 is 5.28. The van der Waals surface area contributed by atoms with Crippen LogP contribution in [0.1, 0.15) is 32.4 Å². The highest BCUT2D eigenvalue weighted by atomic mass is 16.6. The molecule has 0 bridgehead atoms. The normalized spacial score (nSPS) is 13.6. The quantitative estimate of drug-likeness (QED) is 0.305. The van der Waals surface area contributed by atoms with Crippen LogP contribution in [0.2, 0.25) is 0 Å². The third-order valence-electron chi connectivity index (χ3n) is 4.48. The van der Waals surface area contributed by atoms with Gasteiger partial charge in [0.1, 0.15) is 12.1 Å². The van der Waals surface area contributed by atoms with E-state index in [2.05, 4.69) is 0 Å². The van der Waals surface area contributed by atoms with Crippen molar-refractivity contribution in [1.29, 1.82) is 0 Å². The fraction of sp³-hybridized carbons (Fsp3) is 0.200. The zero-order chi connectivity index (χ0) is 22.0. The zero-order valence-electron chi connectivity index (χ0n) is 16.1. The van der Waals surface area contributed by atoms with Crippen LogP contribution >= 0.6 is 0 Å². The van der Waals surface area contributed by atoms with Gasteiger partial charge in [-0.25, -0.2) is 0 Å². The molecule has 1 heterocycles. The monoisotopic (exact) mass is 411 g/mol. The van der Waals surface area contributed by atoms with E-state index in [-0.39, 0.29) is 11.1 Å². The van der Waals surface area contributed by atoms with Gasteiger partial charge in [0.25, 0.3) is 23.4 Å². The van der Waals surface area contributed by atoms with E-state index < -0.39 is 47.0 Å². The van der Waals surface area contributed by atoms with Crippen molar-refractivity contribution in [3.8, 4) is 0 Å². The number of nitro benzene ring substituents is 1. The number of hydrogen-bond donors (Lipinski definition) is 0. The number of amides is 3. The van der Waals surface area contributed by atoms with Crippen molar-refractivity contribution in [3.05, 3.63) is 75.3 Å². The maximum Gasteiger partial charge on any atom is 0.327 e. The highest BCUT2D eigenvalue weighted by Gasteiger charge is 2.42. The van der Waals surface area contributed by atoms with E-state index in [1.54, 1.807) is 30.3 Å². The predicted octanol–water partition coefficient (Wildman–Crippen LogP) is 1.56. The molecule has 0 radical (unpaired) electrons. The number of nitrogens with zero attached hydrogens (tertiary/aromatic N) is 3. The second-order valence-corrected chi connectivity index (χ2v) is 6.67. The fourth-order valence-electron chi connectivity index (χ4n) is 3.03. The van der Waals surface area contributed by atoms with Gasteiger partial charge >= 0.3 is 5.97 Å². The van der Waals surface area contributed by atoms with Crippen LogP contribution in [-0.2, 0) is 14.3 Å². The molecule has 10 heteroatoms. The smallest absolute Gasteiger partial charge is 0.327 e. The fourth-order valence-corrected chi connectivity index (χ4v) is 3.03. The number of fused-ring (bicyclic) bond motifs is 1. The first-order valence-corrected chi connectivity index (χ1v) is 8.81. The van der Waals surface area contributed by atoms with Crippen molar-refractivity contribution in [2.45, 2.75) is 6.10 Å². The summed E-state index contributed by atoms with van der Waals surface area (Å²) in [6, 6.07) is 11.9. The highest BCUT2D eigenvalue weighted by Crippen LogP contribution is 2.31. The third kappa shape index (κ3) is 3.75. The van der Waals surface area contributed by atoms with Gasteiger partial charge in [-0.05, 0) is 6.07 Å². The van der Waals surface area contributed by atoms with Gasteiger partial charge in [-0.15, -0.1) is 0 Å². The lowest BCUT2D eigenvalue weighted by atomic mass is 10.1. The molecule has 154 valence electrons. The number of imide groups is 1. The molecular weight excluding hydrogens is 394 g/mol. The number of benzene rings is 2. The van der Waals surface area contributed by atoms with Gasteiger partial charge in [0.2, 0.25) is 6.10 Å². The van der Waals surface area contributed by atoms with Gasteiger partial charge in [-0.1, -0.05) is 36.4 Å². The summed E-state index contributed by atoms with van der Waals surface area (Å²) in [5, 5.41) is 11.2. The lowest BCUT2D eigenvalue weighted by Gasteiger charge is -2.22. The molecule has 2 aromatic carbocycles. The van der Waals surface area contributed by atoms with Crippen LogP contribution in [0.15, 0.2) is 48.5 Å². The summed E-state index contributed by atoms with van der Waals surface area (Å²) in [4.78, 5) is 62.3. The van der Waals surface area contributed by atoms with Crippen LogP contribution in [0.5, 0.6) is 0 Å². The minimum atomic E-state index is -1.27. The predicted molar refractivity (Wildman–Crippen MR) is 102 cm³/mol. The average Bonchev–Trinajstić information content (AvgIpc) is 2.97. The maximum atomic E-state index is 12.6. The lowest BCUT2D eigenvalue weighted by Crippen LogP contribution is -2.38. The Morgan fingerprint density at radius 3 is 2.33 bits per heavy atom. The number of likely N-dealkylation sites (N-methyl/N-ethyl adjacent to an activating group) is 1. The van der Waals surface area contributed by atoms with Crippen LogP contribution in [-0.4, -0.2) is 59.1 Å². The zero-order valence-corrected chi connectivity index (χ0v) is 16.1. The number of rotatable bonds is 6. The van der Waals surface area contributed by atoms with Gasteiger partial charge in [0.15, 0.2) is 0 Å². The van der Waals surface area contributed by atoms with Crippen molar-refractivity contribution in [1.82, 2.24) is 9.80 Å². The Morgan fingerprint density at radius 2 is 1.73 bits per heavy atom. The second kappa shape index (κ2) is 8.11. The molecule has 2 aromatic rings.